The number of nitrogens with one attached hydrogen (secondary N) is 1. The number of nitrogens with two attached hydrogens (primary N) is 1. The van der Waals surface area contributed by atoms with E-state index in [-0.39, 0.29) is 5.75 Å². The van der Waals surface area contributed by atoms with Crippen molar-refractivity contribution in [1.29, 1.82) is 0 Å². The molecule has 1 fully saturated rings. The van der Waals surface area contributed by atoms with Crippen LogP contribution in [0.3, 0.4) is 0 Å². The molecule has 222 valence electrons. The zero-order chi connectivity index (χ0) is 29.8. The van der Waals surface area contributed by atoms with Crippen molar-refractivity contribution in [2.24, 2.45) is 5.73 Å². The van der Waals surface area contributed by atoms with Crippen LogP contribution in [-0.2, 0) is 6.54 Å². The number of alkyl halides is 3. The van der Waals surface area contributed by atoms with Gasteiger partial charge in [-0.15, -0.1) is 13.2 Å². The first kappa shape index (κ1) is 32.5. The number of rotatable bonds is 9. The summed E-state index contributed by atoms with van der Waals surface area (Å²) >= 11 is 6.33. The topological polar surface area (TPSA) is 50.5 Å². The van der Waals surface area contributed by atoms with E-state index < -0.39 is 6.36 Å². The highest BCUT2D eigenvalue weighted by Gasteiger charge is 2.31. The number of allylic oxidation sites excluding steroid dienone is 1. The van der Waals surface area contributed by atoms with Crippen LogP contribution in [0.25, 0.3) is 5.57 Å². The number of anilines is 1. The van der Waals surface area contributed by atoms with E-state index in [4.69, 9.17) is 17.3 Å². The van der Waals surface area contributed by atoms with Crippen molar-refractivity contribution in [1.82, 2.24) is 4.90 Å². The lowest BCUT2D eigenvalue weighted by atomic mass is 9.93. The van der Waals surface area contributed by atoms with E-state index in [1.165, 1.54) is 25.0 Å². The van der Waals surface area contributed by atoms with Gasteiger partial charge in [0.1, 0.15) is 5.75 Å². The van der Waals surface area contributed by atoms with E-state index in [0.717, 1.165) is 77.6 Å². The van der Waals surface area contributed by atoms with Gasteiger partial charge in [-0.3, -0.25) is 4.90 Å². The summed E-state index contributed by atoms with van der Waals surface area (Å²) < 4.78 is 41.5. The zero-order valence-electron chi connectivity index (χ0n) is 24.1. The second-order valence-corrected chi connectivity index (χ2v) is 10.6. The monoisotopic (exact) mass is 587 g/mol. The number of aryl methyl sites for hydroxylation is 1. The van der Waals surface area contributed by atoms with Crippen LogP contribution in [0.1, 0.15) is 61.8 Å². The van der Waals surface area contributed by atoms with Crippen molar-refractivity contribution < 1.29 is 17.9 Å². The molecule has 0 amide bonds. The van der Waals surface area contributed by atoms with Gasteiger partial charge >= 0.3 is 6.36 Å². The molecule has 1 aliphatic heterocycles. The summed E-state index contributed by atoms with van der Waals surface area (Å²) in [6.45, 7) is 9.80. The van der Waals surface area contributed by atoms with E-state index in [1.807, 2.05) is 38.1 Å². The Morgan fingerprint density at radius 2 is 1.76 bits per heavy atom. The van der Waals surface area contributed by atoms with Gasteiger partial charge in [0.25, 0.3) is 0 Å². The molecule has 1 aliphatic rings. The number of nitrogens with zero attached hydrogens (tertiary/aromatic N) is 1. The Labute approximate surface area is 247 Å². The van der Waals surface area contributed by atoms with Crippen LogP contribution in [0.2, 0.25) is 5.02 Å². The number of likely N-dealkylation sites (tertiary alicyclic amines) is 1. The molecule has 8 heteroatoms. The normalized spacial score (nSPS) is 14.8. The first-order chi connectivity index (χ1) is 19.6. The van der Waals surface area contributed by atoms with Crippen LogP contribution in [0.4, 0.5) is 18.9 Å². The second-order valence-electron chi connectivity index (χ2n) is 10.2. The van der Waals surface area contributed by atoms with Crippen molar-refractivity contribution in [3.8, 4) is 5.75 Å². The average Bonchev–Trinajstić information content (AvgIpc) is 2.94. The average molecular weight is 588 g/mol. The number of benzene rings is 3. The maximum Gasteiger partial charge on any atom is 0.573 e. The predicted octanol–water partition coefficient (Wildman–Crippen LogP) is 8.82. The highest BCUT2D eigenvalue weighted by molar-refractivity contribution is 6.31. The van der Waals surface area contributed by atoms with Crippen molar-refractivity contribution in [2.45, 2.75) is 65.4 Å². The molecule has 1 heterocycles. The van der Waals surface area contributed by atoms with E-state index in [1.54, 1.807) is 12.1 Å². The molecule has 3 aromatic rings. The van der Waals surface area contributed by atoms with Gasteiger partial charge < -0.3 is 15.8 Å². The fraction of sp³-hybridized carbons (Fsp3) is 0.394. The Balaban J connectivity index is 0.000000850. The summed E-state index contributed by atoms with van der Waals surface area (Å²) in [4.78, 5) is 2.43. The Morgan fingerprint density at radius 3 is 2.32 bits per heavy atom. The summed E-state index contributed by atoms with van der Waals surface area (Å²) in [6, 6.07) is 20.7. The number of hydrogen-bond donors (Lipinski definition) is 2. The Bertz CT molecular complexity index is 1250. The zero-order valence-corrected chi connectivity index (χ0v) is 24.9. The van der Waals surface area contributed by atoms with E-state index in [0.29, 0.717) is 6.04 Å². The van der Waals surface area contributed by atoms with Crippen LogP contribution in [-0.4, -0.2) is 36.9 Å². The Kier molecular flexibility index (Phi) is 12.6. The summed E-state index contributed by atoms with van der Waals surface area (Å²) in [5, 5.41) is 4.50. The van der Waals surface area contributed by atoms with Crippen molar-refractivity contribution in [2.75, 3.05) is 25.0 Å². The van der Waals surface area contributed by atoms with E-state index in [9.17, 15) is 13.2 Å². The Morgan fingerprint density at radius 1 is 1.07 bits per heavy atom. The summed E-state index contributed by atoms with van der Waals surface area (Å²) in [5.74, 6) is -0.227. The van der Waals surface area contributed by atoms with Crippen LogP contribution < -0.4 is 15.8 Å². The number of hydrogen-bond acceptors (Lipinski definition) is 4. The Hall–Kier alpha value is -3.00. The van der Waals surface area contributed by atoms with Gasteiger partial charge in [0.15, 0.2) is 0 Å². The van der Waals surface area contributed by atoms with Crippen molar-refractivity contribution >= 4 is 22.9 Å². The van der Waals surface area contributed by atoms with E-state index in [2.05, 4.69) is 46.1 Å². The van der Waals surface area contributed by atoms with Gasteiger partial charge in [-0.1, -0.05) is 67.4 Å². The lowest BCUT2D eigenvalue weighted by Crippen LogP contribution is -2.38. The molecule has 3 N–H and O–H groups in total. The molecule has 1 saturated heterocycles. The van der Waals surface area contributed by atoms with E-state index >= 15 is 0 Å². The predicted molar refractivity (Wildman–Crippen MR) is 164 cm³/mol. The second kappa shape index (κ2) is 15.9. The fourth-order valence-corrected chi connectivity index (χ4v) is 5.05. The smallest absolute Gasteiger partial charge is 0.406 e. The van der Waals surface area contributed by atoms with Gasteiger partial charge in [-0.2, -0.15) is 0 Å². The molecular weight excluding hydrogens is 547 g/mol. The molecule has 0 bridgehead atoms. The minimum Gasteiger partial charge on any atom is -0.406 e. The van der Waals surface area contributed by atoms with Crippen LogP contribution in [0.15, 0.2) is 72.8 Å². The third-order valence-electron chi connectivity index (χ3n) is 7.08. The van der Waals surface area contributed by atoms with Crippen LogP contribution in [0, 0.1) is 6.92 Å². The third kappa shape index (κ3) is 10.4. The molecule has 0 radical (unpaired) electrons. The molecular formula is C33H41ClF3N3O. The highest BCUT2D eigenvalue weighted by atomic mass is 35.5. The molecule has 0 aliphatic carbocycles. The number of ether oxygens (including phenoxy) is 1. The minimum atomic E-state index is -4.70. The quantitative estimate of drug-likeness (QED) is 0.263. The molecule has 0 spiro atoms. The molecule has 41 heavy (non-hydrogen) atoms. The van der Waals surface area contributed by atoms with Gasteiger partial charge in [0.2, 0.25) is 0 Å². The first-order valence-electron chi connectivity index (χ1n) is 14.2. The number of unbranched alkanes of at least 4 members (excludes halogenated alkanes) is 1. The molecule has 0 atom stereocenters. The van der Waals surface area contributed by atoms with Gasteiger partial charge in [-0.05, 0) is 97.8 Å². The number of piperidine rings is 1. The minimum absolute atomic E-state index is 0.227. The lowest BCUT2D eigenvalue weighted by Gasteiger charge is -2.33. The fourth-order valence-electron chi connectivity index (χ4n) is 4.86. The van der Waals surface area contributed by atoms with Gasteiger partial charge in [-0.25, -0.2) is 0 Å². The number of halogens is 4. The third-order valence-corrected chi connectivity index (χ3v) is 7.45. The standard InChI is InChI=1S/C29H30ClF3N2O.C4H11N/c1-3-26(21-9-12-25(13-10-21)36-29(31,32)33)27-18-24(11-8-20(27)2)34-23-14-16-35(17-15-23)19-22-6-4-5-7-28(22)30;1-2-3-4-5/h3-13,18,23,34H,14-17,19H2,1-2H3;2-5H2,1H3/b26-3-;. The SMILES string of the molecule is C/C=C(/c1ccc(OC(F)(F)F)cc1)c1cc(NC2CCN(Cc3ccccc3Cl)CC2)ccc1C.CCCCN. The molecule has 0 aromatic heterocycles. The molecule has 0 unspecified atom stereocenters. The molecule has 0 saturated carbocycles. The molecule has 4 nitrogen and oxygen atoms in total. The highest BCUT2D eigenvalue weighted by Crippen LogP contribution is 2.31. The van der Waals surface area contributed by atoms with Crippen LogP contribution >= 0.6 is 11.6 Å². The van der Waals surface area contributed by atoms with Gasteiger partial charge in [0, 0.05) is 36.4 Å². The molecule has 3 aromatic carbocycles. The maximum atomic E-state index is 12.5. The largest absolute Gasteiger partial charge is 0.573 e. The van der Waals surface area contributed by atoms with Crippen molar-refractivity contribution in [3.05, 3.63) is 100 Å². The summed E-state index contributed by atoms with van der Waals surface area (Å²) in [7, 11) is 0. The van der Waals surface area contributed by atoms with Crippen LogP contribution in [0.5, 0.6) is 5.75 Å². The first-order valence-corrected chi connectivity index (χ1v) is 14.6. The van der Waals surface area contributed by atoms with Gasteiger partial charge in [0.05, 0.1) is 0 Å². The van der Waals surface area contributed by atoms with Crippen molar-refractivity contribution in [3.63, 3.8) is 0 Å². The molecule has 4 rings (SSSR count). The lowest BCUT2D eigenvalue weighted by molar-refractivity contribution is -0.274. The summed E-state index contributed by atoms with van der Waals surface area (Å²) in [5.41, 5.74) is 11.3. The summed E-state index contributed by atoms with van der Waals surface area (Å²) in [6.07, 6.45) is 1.73. The maximum absolute atomic E-state index is 12.5.